The molecule has 0 saturated carbocycles. The molecule has 11 nitrogen and oxygen atoms in total. The van der Waals surface area contributed by atoms with Gasteiger partial charge in [0, 0.05) is 30.9 Å². The maximum absolute atomic E-state index is 12.6. The second-order valence-corrected chi connectivity index (χ2v) is 7.61. The van der Waals surface area contributed by atoms with E-state index in [1.807, 2.05) is 0 Å². The minimum Gasteiger partial charge on any atom is -0.481 e. The van der Waals surface area contributed by atoms with Gasteiger partial charge in [0.2, 0.25) is 0 Å². The summed E-state index contributed by atoms with van der Waals surface area (Å²) >= 11 is 0. The van der Waals surface area contributed by atoms with Crippen LogP contribution in [0.3, 0.4) is 0 Å². The van der Waals surface area contributed by atoms with Crippen molar-refractivity contribution in [1.29, 1.82) is 0 Å². The fourth-order valence-electron chi connectivity index (χ4n) is 3.09. The summed E-state index contributed by atoms with van der Waals surface area (Å²) in [7, 11) is 0. The van der Waals surface area contributed by atoms with Gasteiger partial charge in [-0.1, -0.05) is 12.1 Å². The van der Waals surface area contributed by atoms with Gasteiger partial charge in [0.05, 0.1) is 0 Å². The van der Waals surface area contributed by atoms with E-state index in [-0.39, 0.29) is 31.9 Å². The lowest BCUT2D eigenvalue weighted by atomic mass is 10.1. The highest BCUT2D eigenvalue weighted by Gasteiger charge is 2.22. The minimum absolute atomic E-state index is 0.0584. The highest BCUT2D eigenvalue weighted by molar-refractivity contribution is 5.85. The van der Waals surface area contributed by atoms with Crippen molar-refractivity contribution in [2.45, 2.75) is 25.5 Å². The van der Waals surface area contributed by atoms with E-state index < -0.39 is 49.9 Å². The van der Waals surface area contributed by atoms with Crippen LogP contribution in [0, 0.1) is 0 Å². The molecule has 2 amide bonds. The van der Waals surface area contributed by atoms with Crippen LogP contribution in [0.5, 0.6) is 5.75 Å². The number of alkyl halides is 2. The van der Waals surface area contributed by atoms with Crippen LogP contribution in [0.1, 0.15) is 18.4 Å². The van der Waals surface area contributed by atoms with E-state index in [9.17, 15) is 28.0 Å². The number of aliphatic carboxylic acids is 2. The van der Waals surface area contributed by atoms with Gasteiger partial charge in [-0.05, 0) is 48.4 Å². The average Bonchev–Trinajstić information content (AvgIpc) is 2.86. The summed E-state index contributed by atoms with van der Waals surface area (Å²) in [6.45, 7) is -1.22. The van der Waals surface area contributed by atoms with E-state index in [1.165, 1.54) is 24.3 Å². The number of carbonyl (C=O) groups excluding carboxylic acids is 2. The fraction of sp³-hybridized carbons (Fsp3) is 0.333. The van der Waals surface area contributed by atoms with Crippen molar-refractivity contribution in [2.75, 3.05) is 36.7 Å². The largest absolute Gasteiger partial charge is 0.481 e. The number of nitrogens with zero attached hydrogens (tertiary/aromatic N) is 1. The Hall–Kier alpha value is -4.42. The molecule has 0 fully saturated rings. The Balaban J connectivity index is 1.81. The van der Waals surface area contributed by atoms with Crippen molar-refractivity contribution < 1.29 is 47.6 Å². The third-order valence-electron chi connectivity index (χ3n) is 4.93. The van der Waals surface area contributed by atoms with Crippen LogP contribution in [0.4, 0.5) is 29.7 Å². The van der Waals surface area contributed by atoms with E-state index in [4.69, 9.17) is 19.7 Å². The molecule has 0 aromatic heterocycles. The normalized spacial score (nSPS) is 11.2. The SMILES string of the molecule is O=C(O)CC[C@H](NC(=O)Oc1ccc(COC(=O)Nc2ccc(N(CCF)CCF)cc2)cc1)C(=O)O. The second-order valence-electron chi connectivity index (χ2n) is 7.61. The first-order valence-electron chi connectivity index (χ1n) is 11.1. The minimum atomic E-state index is -1.42. The molecule has 0 unspecified atom stereocenters. The molecular weight excluding hydrogens is 496 g/mol. The molecule has 0 heterocycles. The summed E-state index contributed by atoms with van der Waals surface area (Å²) in [6.07, 6.45) is -2.55. The molecule has 37 heavy (non-hydrogen) atoms. The molecule has 0 spiro atoms. The number of carboxylic acid groups (broad SMARTS) is 2. The first-order chi connectivity index (χ1) is 17.7. The number of halogens is 2. The maximum atomic E-state index is 12.6. The van der Waals surface area contributed by atoms with Gasteiger partial charge in [-0.3, -0.25) is 10.1 Å². The number of carboxylic acids is 2. The molecule has 0 saturated heterocycles. The summed E-state index contributed by atoms with van der Waals surface area (Å²) in [6, 6.07) is 10.8. The van der Waals surface area contributed by atoms with Gasteiger partial charge in [-0.2, -0.15) is 0 Å². The number of nitrogens with one attached hydrogen (secondary N) is 2. The van der Waals surface area contributed by atoms with Gasteiger partial charge in [0.25, 0.3) is 0 Å². The molecule has 0 radical (unpaired) electrons. The van der Waals surface area contributed by atoms with Crippen LogP contribution in [-0.2, 0) is 20.9 Å². The Labute approximate surface area is 211 Å². The van der Waals surface area contributed by atoms with Gasteiger partial charge in [-0.25, -0.2) is 23.2 Å². The third-order valence-corrected chi connectivity index (χ3v) is 4.93. The molecule has 2 aromatic rings. The van der Waals surface area contributed by atoms with Crippen molar-refractivity contribution in [1.82, 2.24) is 5.32 Å². The molecule has 0 aliphatic heterocycles. The predicted octanol–water partition coefficient (Wildman–Crippen LogP) is 3.59. The van der Waals surface area contributed by atoms with E-state index in [2.05, 4.69) is 10.6 Å². The van der Waals surface area contributed by atoms with Crippen molar-refractivity contribution in [2.24, 2.45) is 0 Å². The lowest BCUT2D eigenvalue weighted by molar-refractivity contribution is -0.140. The first kappa shape index (κ1) is 28.8. The van der Waals surface area contributed by atoms with Crippen LogP contribution in [0.25, 0.3) is 0 Å². The van der Waals surface area contributed by atoms with Crippen molar-refractivity contribution in [3.05, 3.63) is 54.1 Å². The number of rotatable bonds is 14. The number of hydrogen-bond donors (Lipinski definition) is 4. The highest BCUT2D eigenvalue weighted by Crippen LogP contribution is 2.19. The summed E-state index contributed by atoms with van der Waals surface area (Å²) in [5.74, 6) is -2.50. The van der Waals surface area contributed by atoms with Gasteiger partial charge in [-0.15, -0.1) is 0 Å². The van der Waals surface area contributed by atoms with Gasteiger partial charge in [0.1, 0.15) is 31.7 Å². The fourth-order valence-corrected chi connectivity index (χ4v) is 3.09. The van der Waals surface area contributed by atoms with Crippen molar-refractivity contribution in [3.63, 3.8) is 0 Å². The second kappa shape index (κ2) is 14.9. The molecule has 200 valence electrons. The lowest BCUT2D eigenvalue weighted by Crippen LogP contribution is -2.42. The van der Waals surface area contributed by atoms with Gasteiger partial charge < -0.3 is 29.9 Å². The van der Waals surface area contributed by atoms with Crippen LogP contribution < -0.4 is 20.3 Å². The smallest absolute Gasteiger partial charge is 0.413 e. The number of ether oxygens (including phenoxy) is 2. The maximum Gasteiger partial charge on any atom is 0.413 e. The van der Waals surface area contributed by atoms with Crippen LogP contribution in [0.2, 0.25) is 0 Å². The van der Waals surface area contributed by atoms with Crippen LogP contribution in [0.15, 0.2) is 48.5 Å². The molecular formula is C24H27F2N3O8. The Morgan fingerprint density at radius 2 is 1.51 bits per heavy atom. The summed E-state index contributed by atoms with van der Waals surface area (Å²) in [4.78, 5) is 47.3. The van der Waals surface area contributed by atoms with Crippen LogP contribution in [-0.4, -0.2) is 66.8 Å². The molecule has 0 aliphatic carbocycles. The van der Waals surface area contributed by atoms with Gasteiger partial charge >= 0.3 is 24.1 Å². The van der Waals surface area contributed by atoms with Crippen molar-refractivity contribution >= 4 is 35.5 Å². The molecule has 2 rings (SSSR count). The Kier molecular flexibility index (Phi) is 11.6. The molecule has 0 bridgehead atoms. The zero-order valence-corrected chi connectivity index (χ0v) is 19.7. The summed E-state index contributed by atoms with van der Waals surface area (Å²) < 4.78 is 35.4. The first-order valence-corrected chi connectivity index (χ1v) is 11.1. The van der Waals surface area contributed by atoms with E-state index in [0.29, 0.717) is 16.9 Å². The predicted molar refractivity (Wildman–Crippen MR) is 128 cm³/mol. The number of anilines is 2. The number of benzene rings is 2. The number of carbonyl (C=O) groups is 4. The van der Waals surface area contributed by atoms with E-state index in [0.717, 1.165) is 0 Å². The summed E-state index contributed by atoms with van der Waals surface area (Å²) in [5, 5.41) is 22.3. The number of hydrogen-bond acceptors (Lipinski definition) is 7. The lowest BCUT2D eigenvalue weighted by Gasteiger charge is -2.22. The standard InChI is InChI=1S/C24H27F2N3O8/c25-11-13-29(14-12-26)18-5-3-17(4-6-18)27-23(34)36-15-16-1-7-19(8-2-16)37-24(35)28-20(22(32)33)9-10-21(30)31/h1-8,20H,9-15H2,(H,27,34)(H,28,35)(H,30,31)(H,32,33)/t20-/m0/s1. The molecule has 1 atom stereocenters. The Morgan fingerprint density at radius 1 is 0.892 bits per heavy atom. The Bertz CT molecular complexity index is 1040. The third kappa shape index (κ3) is 10.4. The van der Waals surface area contributed by atoms with E-state index in [1.54, 1.807) is 29.2 Å². The topological polar surface area (TPSA) is 154 Å². The van der Waals surface area contributed by atoms with Crippen LogP contribution >= 0.6 is 0 Å². The number of amides is 2. The molecule has 2 aromatic carbocycles. The average molecular weight is 523 g/mol. The highest BCUT2D eigenvalue weighted by atomic mass is 19.1. The Morgan fingerprint density at radius 3 is 2.05 bits per heavy atom. The molecule has 4 N–H and O–H groups in total. The zero-order valence-electron chi connectivity index (χ0n) is 19.7. The molecule has 0 aliphatic rings. The van der Waals surface area contributed by atoms with Crippen molar-refractivity contribution in [3.8, 4) is 5.75 Å². The zero-order chi connectivity index (χ0) is 27.2. The monoisotopic (exact) mass is 523 g/mol. The molecule has 13 heteroatoms. The van der Waals surface area contributed by atoms with E-state index >= 15 is 0 Å². The van der Waals surface area contributed by atoms with Gasteiger partial charge in [0.15, 0.2) is 0 Å². The quantitative estimate of drug-likeness (QED) is 0.291. The summed E-state index contributed by atoms with van der Waals surface area (Å²) in [5.41, 5.74) is 1.60.